The maximum absolute atomic E-state index is 11.2. The molecule has 0 fully saturated rings. The number of hydrogen-bond donors (Lipinski definition) is 0. The van der Waals surface area contributed by atoms with E-state index in [4.69, 9.17) is 46.4 Å². The van der Waals surface area contributed by atoms with Crippen LogP contribution in [0.3, 0.4) is 0 Å². The molecular formula is C40H48Cl4O4Zr. The maximum atomic E-state index is 11.2. The van der Waals surface area contributed by atoms with Gasteiger partial charge in [-0.3, -0.25) is 0 Å². The van der Waals surface area contributed by atoms with Crippen molar-refractivity contribution in [3.63, 3.8) is 0 Å². The first-order valence-electron chi connectivity index (χ1n) is 16.0. The Kier molecular flexibility index (Phi) is 20.7. The van der Waals surface area contributed by atoms with Gasteiger partial charge in [-0.15, -0.1) is 0 Å². The zero-order valence-electron chi connectivity index (χ0n) is 30.6. The molecule has 0 heterocycles. The number of halogens is 4. The Labute approximate surface area is 333 Å². The molecule has 264 valence electrons. The molecule has 9 heteroatoms. The van der Waals surface area contributed by atoms with Crippen LogP contribution in [0.2, 0.25) is 20.1 Å². The van der Waals surface area contributed by atoms with Crippen LogP contribution in [0.15, 0.2) is 48.5 Å². The summed E-state index contributed by atoms with van der Waals surface area (Å²) in [6.07, 6.45) is 0. The monoisotopic (exact) mass is 822 g/mol. The van der Waals surface area contributed by atoms with Crippen molar-refractivity contribution in [1.29, 1.82) is 0 Å². The molecular weight excluding hydrogens is 777 g/mol. The molecule has 0 aliphatic heterocycles. The third-order valence-electron chi connectivity index (χ3n) is 7.64. The Morgan fingerprint density at radius 3 is 0.592 bits per heavy atom. The summed E-state index contributed by atoms with van der Waals surface area (Å²) in [6, 6.07) is 14.3. The fourth-order valence-electron chi connectivity index (χ4n) is 4.39. The maximum Gasteiger partial charge on any atom is 4.00 e. The average Bonchev–Trinajstić information content (AvgIpc) is 2.99. The van der Waals surface area contributed by atoms with Gasteiger partial charge >= 0.3 is 26.2 Å². The normalized spacial score (nSPS) is 10.5. The van der Waals surface area contributed by atoms with Crippen molar-refractivity contribution >= 4 is 46.4 Å². The van der Waals surface area contributed by atoms with Gasteiger partial charge in [0.1, 0.15) is 0 Å². The number of aryl methyl sites for hydroxylation is 4. The standard InChI is InChI=1S/4C10H13ClO.Zr/c4*1-6(2)8-4-7(3)10(11)9(12)5-8;/h4*4-6,12H,1-3H3;/q;;;;+4/p-4. The molecule has 4 aromatic carbocycles. The second-order valence-electron chi connectivity index (χ2n) is 13.2. The summed E-state index contributed by atoms with van der Waals surface area (Å²) in [4.78, 5) is 0. The predicted molar refractivity (Wildman–Crippen MR) is 199 cm³/mol. The SMILES string of the molecule is Cc1cc(C(C)C)cc([O-])c1Cl.Cc1cc(C(C)C)cc([O-])c1Cl.Cc1cc(C(C)C)cc([O-])c1Cl.Cc1cc(C(C)C)cc([O-])c1Cl.[Zr+4]. The third kappa shape index (κ3) is 14.7. The van der Waals surface area contributed by atoms with Crippen molar-refractivity contribution in [3.8, 4) is 23.0 Å². The van der Waals surface area contributed by atoms with Gasteiger partial charge in [-0.1, -0.05) is 173 Å². The Bertz CT molecular complexity index is 1330. The summed E-state index contributed by atoms with van der Waals surface area (Å²) in [5, 5.41) is 46.3. The van der Waals surface area contributed by atoms with E-state index in [1.165, 1.54) is 0 Å². The van der Waals surface area contributed by atoms with Crippen LogP contribution >= 0.6 is 46.4 Å². The molecule has 0 aliphatic rings. The van der Waals surface area contributed by atoms with Crippen LogP contribution in [0.5, 0.6) is 23.0 Å². The van der Waals surface area contributed by atoms with Crippen LogP contribution in [-0.2, 0) is 26.2 Å². The van der Waals surface area contributed by atoms with E-state index < -0.39 is 0 Å². The van der Waals surface area contributed by atoms with Crippen molar-refractivity contribution in [1.82, 2.24) is 0 Å². The summed E-state index contributed by atoms with van der Waals surface area (Å²) in [5.41, 5.74) is 7.70. The molecule has 4 aromatic rings. The second kappa shape index (κ2) is 21.5. The van der Waals surface area contributed by atoms with E-state index in [2.05, 4.69) is 55.4 Å². The smallest absolute Gasteiger partial charge is 0.871 e. The van der Waals surface area contributed by atoms with Gasteiger partial charge in [-0.2, -0.15) is 0 Å². The molecule has 0 aromatic heterocycles. The van der Waals surface area contributed by atoms with Crippen molar-refractivity contribution in [2.75, 3.05) is 0 Å². The summed E-state index contributed by atoms with van der Waals surface area (Å²) in [5.74, 6) is 1.26. The van der Waals surface area contributed by atoms with E-state index in [1.807, 2.05) is 52.0 Å². The quantitative estimate of drug-likeness (QED) is 0.205. The first-order valence-corrected chi connectivity index (χ1v) is 17.5. The molecule has 0 radical (unpaired) electrons. The molecule has 0 amide bonds. The third-order valence-corrected chi connectivity index (χ3v) is 9.58. The Hall–Kier alpha value is -1.88. The van der Waals surface area contributed by atoms with Crippen LogP contribution in [0.4, 0.5) is 0 Å². The van der Waals surface area contributed by atoms with Gasteiger partial charge < -0.3 is 20.4 Å². The van der Waals surface area contributed by atoms with Gasteiger partial charge in [0, 0.05) is 20.1 Å². The van der Waals surface area contributed by atoms with Crippen LogP contribution in [-0.4, -0.2) is 0 Å². The average molecular weight is 826 g/mol. The number of rotatable bonds is 4. The summed E-state index contributed by atoms with van der Waals surface area (Å²) >= 11 is 23.0. The van der Waals surface area contributed by atoms with E-state index in [0.29, 0.717) is 43.8 Å². The summed E-state index contributed by atoms with van der Waals surface area (Å²) in [6.45, 7) is 23.9. The topological polar surface area (TPSA) is 92.2 Å². The second-order valence-corrected chi connectivity index (χ2v) is 14.7. The number of benzene rings is 4. The van der Waals surface area contributed by atoms with Gasteiger partial charge in [0.05, 0.1) is 0 Å². The van der Waals surface area contributed by atoms with E-state index in [0.717, 1.165) is 44.5 Å². The zero-order chi connectivity index (χ0) is 37.2. The minimum Gasteiger partial charge on any atom is -0.871 e. The van der Waals surface area contributed by atoms with Crippen molar-refractivity contribution in [3.05, 3.63) is 113 Å². The molecule has 49 heavy (non-hydrogen) atoms. The van der Waals surface area contributed by atoms with Gasteiger partial charge in [-0.05, 0) is 95.9 Å². The number of hydrogen-bond acceptors (Lipinski definition) is 4. The van der Waals surface area contributed by atoms with Crippen molar-refractivity contribution < 1.29 is 46.6 Å². The molecule has 0 saturated heterocycles. The van der Waals surface area contributed by atoms with Crippen LogP contribution in [0.1, 0.15) is 124 Å². The summed E-state index contributed by atoms with van der Waals surface area (Å²) < 4.78 is 0. The van der Waals surface area contributed by atoms with Gasteiger partial charge in [0.25, 0.3) is 0 Å². The van der Waals surface area contributed by atoms with E-state index in [9.17, 15) is 20.4 Å². The molecule has 0 unspecified atom stereocenters. The molecule has 0 bridgehead atoms. The Morgan fingerprint density at radius 2 is 0.490 bits per heavy atom. The minimum absolute atomic E-state index is 0. The van der Waals surface area contributed by atoms with Crippen LogP contribution in [0, 0.1) is 27.7 Å². The van der Waals surface area contributed by atoms with E-state index in [1.54, 1.807) is 24.3 Å². The predicted octanol–water partition coefficient (Wildman–Crippen LogP) is 11.4. The Morgan fingerprint density at radius 1 is 0.347 bits per heavy atom. The molecule has 0 saturated carbocycles. The van der Waals surface area contributed by atoms with Gasteiger partial charge in [0.15, 0.2) is 0 Å². The largest absolute Gasteiger partial charge is 4.00 e. The minimum atomic E-state index is -0.0691. The Balaban J connectivity index is 0.000000623. The molecule has 4 nitrogen and oxygen atoms in total. The van der Waals surface area contributed by atoms with Crippen molar-refractivity contribution in [2.24, 2.45) is 0 Å². The molecule has 0 atom stereocenters. The zero-order valence-corrected chi connectivity index (χ0v) is 36.1. The van der Waals surface area contributed by atoms with Crippen LogP contribution < -0.4 is 20.4 Å². The first kappa shape index (κ1) is 47.1. The molecule has 0 aliphatic carbocycles. The fourth-order valence-corrected chi connectivity index (χ4v) is 4.83. The van der Waals surface area contributed by atoms with Crippen molar-refractivity contribution in [2.45, 2.75) is 107 Å². The van der Waals surface area contributed by atoms with Gasteiger partial charge in [-0.25, -0.2) is 0 Å². The summed E-state index contributed by atoms with van der Waals surface area (Å²) in [7, 11) is 0. The van der Waals surface area contributed by atoms with E-state index in [-0.39, 0.29) is 49.2 Å². The molecule has 0 N–H and O–H groups in total. The van der Waals surface area contributed by atoms with Crippen LogP contribution in [0.25, 0.3) is 0 Å². The van der Waals surface area contributed by atoms with Gasteiger partial charge in [0.2, 0.25) is 0 Å². The fraction of sp³-hybridized carbons (Fsp3) is 0.400. The molecule has 0 spiro atoms. The first-order chi connectivity index (χ1) is 22.1. The van der Waals surface area contributed by atoms with E-state index >= 15 is 0 Å². The molecule has 4 rings (SSSR count).